The molecule has 0 aliphatic carbocycles. The van der Waals surface area contributed by atoms with Gasteiger partial charge in [-0.15, -0.1) is 0 Å². The van der Waals surface area contributed by atoms with Crippen LogP contribution in [0.1, 0.15) is 89.5 Å². The standard InChI is InChI=1S/C19H22N4O3.C18H27N3O2.C2H6.H2O.2H2/c1-19(2,3)15(24)10-16(21)22-18(26)14-7-8-17(25)23(14)13-6-4-5-12(9-13)11-20;1-18(2,3)16(22)12-17(19)20-13-15-10-7-11-23-21(15)14-8-5-4-6-9-14;1-2;;;/h4-6,9-10,14,24H,7-8H2,1-3H3,(H2,21,22,26);4-6,8-9,12,15,22H,7,10-11,13H2,1-3H3,(H2,19,20);1-2H3;1H2;2*1H/b15-10-;16-12-;;;;/t14-;15-;;;;/m00..../s1. The molecular formula is C39H61N7O6. The van der Waals surface area contributed by atoms with Gasteiger partial charge in [0.1, 0.15) is 29.2 Å². The number of aliphatic imine (C=N–C) groups is 2. The van der Waals surface area contributed by atoms with E-state index in [2.05, 4.69) is 9.98 Å². The van der Waals surface area contributed by atoms with Gasteiger partial charge in [-0.2, -0.15) is 10.3 Å². The number of carbonyl (C=O) groups excluding carboxylic acids is 2. The third-order valence-electron chi connectivity index (χ3n) is 7.83. The minimum Gasteiger partial charge on any atom is -0.512 e. The summed E-state index contributed by atoms with van der Waals surface area (Å²) in [5.41, 5.74) is 12.7. The molecule has 0 aromatic heterocycles. The van der Waals surface area contributed by atoms with Crippen LogP contribution in [0.2, 0.25) is 0 Å². The van der Waals surface area contributed by atoms with Gasteiger partial charge >= 0.3 is 0 Å². The number of hydrogen-bond acceptors (Lipinski definition) is 8. The quantitative estimate of drug-likeness (QED) is 0.138. The highest BCUT2D eigenvalue weighted by Crippen LogP contribution is 2.29. The zero-order valence-electron chi connectivity index (χ0n) is 31.8. The summed E-state index contributed by atoms with van der Waals surface area (Å²) < 4.78 is 0. The van der Waals surface area contributed by atoms with Crippen molar-refractivity contribution in [1.29, 1.82) is 5.26 Å². The molecule has 0 spiro atoms. The number of hydrogen-bond donors (Lipinski definition) is 4. The van der Waals surface area contributed by atoms with Crippen molar-refractivity contribution in [2.75, 3.05) is 23.1 Å². The van der Waals surface area contributed by atoms with Gasteiger partial charge in [-0.1, -0.05) is 79.7 Å². The summed E-state index contributed by atoms with van der Waals surface area (Å²) in [5.74, 6) is -0.302. The summed E-state index contributed by atoms with van der Waals surface area (Å²) in [6.45, 7) is 16.4. The van der Waals surface area contributed by atoms with Crippen LogP contribution in [0.15, 0.2) is 88.3 Å². The number of benzene rings is 2. The number of hydroxylamine groups is 1. The molecule has 0 radical (unpaired) electrons. The molecule has 4 rings (SSSR count). The van der Waals surface area contributed by atoms with Crippen molar-refractivity contribution in [3.05, 3.63) is 83.8 Å². The SMILES string of the molecule is CC.CC(C)(C)/C(O)=C/C(N)=NC(=O)[C@@H]1CCC(=O)N1c1cccc(C#N)c1.CC(C)(C)/C(O)=C/C(N)=NC[C@@H]1CCCON1c1ccccc1.O.[HH].[HH]. The Morgan fingerprint density at radius 3 is 2.12 bits per heavy atom. The number of para-hydroxylation sites is 1. The van der Waals surface area contributed by atoms with Gasteiger partial charge in [0.15, 0.2) is 0 Å². The molecule has 0 saturated carbocycles. The van der Waals surface area contributed by atoms with Crippen molar-refractivity contribution in [2.45, 2.75) is 93.2 Å². The molecule has 2 aliphatic heterocycles. The monoisotopic (exact) mass is 723 g/mol. The maximum Gasteiger partial charge on any atom is 0.270 e. The first-order chi connectivity index (χ1) is 24.0. The molecule has 0 unspecified atom stereocenters. The first-order valence-electron chi connectivity index (χ1n) is 17.3. The number of amides is 2. The topological polar surface area (TPSA) is 222 Å². The molecule has 13 nitrogen and oxygen atoms in total. The number of nitrogens with two attached hydrogens (primary N) is 2. The largest absolute Gasteiger partial charge is 0.512 e. The number of aliphatic hydroxyl groups excluding tert-OH is 2. The predicted molar refractivity (Wildman–Crippen MR) is 212 cm³/mol. The van der Waals surface area contributed by atoms with Crippen molar-refractivity contribution in [1.82, 2.24) is 0 Å². The normalized spacial score (nSPS) is 18.6. The lowest BCUT2D eigenvalue weighted by molar-refractivity contribution is -0.121. The average Bonchev–Trinajstić information content (AvgIpc) is 3.49. The van der Waals surface area contributed by atoms with Gasteiger partial charge in [0.25, 0.3) is 5.91 Å². The molecule has 8 N–H and O–H groups in total. The fourth-order valence-corrected chi connectivity index (χ4v) is 4.90. The average molecular weight is 724 g/mol. The maximum absolute atomic E-state index is 12.5. The van der Waals surface area contributed by atoms with Gasteiger partial charge in [-0.3, -0.25) is 24.3 Å². The molecule has 2 atom stereocenters. The molecule has 2 amide bonds. The Morgan fingerprint density at radius 1 is 0.962 bits per heavy atom. The summed E-state index contributed by atoms with van der Waals surface area (Å²) in [6, 6.07) is 17.9. The lowest BCUT2D eigenvalue weighted by Gasteiger charge is -2.35. The smallest absolute Gasteiger partial charge is 0.270 e. The van der Waals surface area contributed by atoms with E-state index < -0.39 is 17.4 Å². The van der Waals surface area contributed by atoms with E-state index in [1.165, 1.54) is 17.1 Å². The molecule has 0 bridgehead atoms. The Bertz CT molecular complexity index is 1640. The van der Waals surface area contributed by atoms with Crippen LogP contribution in [0.4, 0.5) is 11.4 Å². The number of nitrogens with zero attached hydrogens (tertiary/aromatic N) is 5. The van der Waals surface area contributed by atoms with Crippen LogP contribution in [0.25, 0.3) is 0 Å². The fraction of sp³-hybridized carbons (Fsp3) is 0.462. The first-order valence-corrected chi connectivity index (χ1v) is 17.3. The number of carbonyl (C=O) groups is 2. The molecular weight excluding hydrogens is 662 g/mol. The van der Waals surface area contributed by atoms with Gasteiger partial charge in [-0.25, -0.2) is 5.06 Å². The van der Waals surface area contributed by atoms with Crippen molar-refractivity contribution in [2.24, 2.45) is 32.3 Å². The van der Waals surface area contributed by atoms with E-state index >= 15 is 0 Å². The Labute approximate surface area is 311 Å². The van der Waals surface area contributed by atoms with Crippen LogP contribution in [-0.4, -0.2) is 64.4 Å². The predicted octanol–water partition coefficient (Wildman–Crippen LogP) is 6.55. The Balaban J connectivity index is 0. The van der Waals surface area contributed by atoms with E-state index in [4.69, 9.17) is 21.6 Å². The second-order valence-electron chi connectivity index (χ2n) is 14.0. The maximum atomic E-state index is 12.5. The number of allylic oxidation sites excluding steroid dienone is 2. The number of rotatable bonds is 7. The fourth-order valence-electron chi connectivity index (χ4n) is 4.90. The van der Waals surface area contributed by atoms with Gasteiger partial charge in [-0.05, 0) is 49.6 Å². The summed E-state index contributed by atoms with van der Waals surface area (Å²) in [5, 5.41) is 30.9. The minimum atomic E-state index is -0.778. The molecule has 2 heterocycles. The highest BCUT2D eigenvalue weighted by Gasteiger charge is 2.37. The lowest BCUT2D eigenvalue weighted by Crippen LogP contribution is -2.42. The second-order valence-corrected chi connectivity index (χ2v) is 14.0. The zero-order valence-corrected chi connectivity index (χ0v) is 31.8. The molecule has 2 saturated heterocycles. The van der Waals surface area contributed by atoms with Crippen molar-refractivity contribution < 1.29 is 33.0 Å². The van der Waals surface area contributed by atoms with Crippen LogP contribution < -0.4 is 21.4 Å². The second kappa shape index (κ2) is 20.6. The molecule has 2 fully saturated rings. The molecule has 2 aromatic carbocycles. The van der Waals surface area contributed by atoms with E-state index in [-0.39, 0.29) is 49.5 Å². The summed E-state index contributed by atoms with van der Waals surface area (Å²) >= 11 is 0. The van der Waals surface area contributed by atoms with Gasteiger partial charge in [0, 0.05) is 37.9 Å². The van der Waals surface area contributed by atoms with E-state index in [0.717, 1.165) is 25.1 Å². The third kappa shape index (κ3) is 13.5. The van der Waals surface area contributed by atoms with E-state index in [9.17, 15) is 19.8 Å². The highest BCUT2D eigenvalue weighted by atomic mass is 16.7. The van der Waals surface area contributed by atoms with Crippen molar-refractivity contribution in [3.8, 4) is 6.07 Å². The van der Waals surface area contributed by atoms with E-state index in [1.54, 1.807) is 45.0 Å². The zero-order chi connectivity index (χ0) is 38.4. The van der Waals surface area contributed by atoms with Gasteiger partial charge in [0.05, 0.1) is 36.5 Å². The Hall–Kier alpha value is -5.19. The molecule has 13 heteroatoms. The molecule has 52 heavy (non-hydrogen) atoms. The first kappa shape index (κ1) is 44.8. The van der Waals surface area contributed by atoms with Crippen LogP contribution in [0, 0.1) is 22.2 Å². The highest BCUT2D eigenvalue weighted by molar-refractivity contribution is 6.08. The van der Waals surface area contributed by atoms with E-state index in [1.807, 2.05) is 76.1 Å². The van der Waals surface area contributed by atoms with Gasteiger partial charge < -0.3 is 27.2 Å². The summed E-state index contributed by atoms with van der Waals surface area (Å²) in [4.78, 5) is 40.2. The third-order valence-corrected chi connectivity index (χ3v) is 7.83. The number of nitriles is 1. The summed E-state index contributed by atoms with van der Waals surface area (Å²) in [6.07, 6.45) is 5.32. The van der Waals surface area contributed by atoms with E-state index in [0.29, 0.717) is 30.1 Å². The van der Waals surface area contributed by atoms with Crippen LogP contribution in [-0.2, 0) is 14.4 Å². The number of amidine groups is 2. The minimum absolute atomic E-state index is 0. The van der Waals surface area contributed by atoms with Crippen LogP contribution >= 0.6 is 0 Å². The van der Waals surface area contributed by atoms with Crippen molar-refractivity contribution in [3.63, 3.8) is 0 Å². The van der Waals surface area contributed by atoms with Gasteiger partial charge in [0.2, 0.25) is 5.91 Å². The Kier molecular flexibility index (Phi) is 17.8. The van der Waals surface area contributed by atoms with Crippen molar-refractivity contribution >= 4 is 34.9 Å². The molecule has 288 valence electrons. The number of aliphatic hydroxyl groups is 2. The Morgan fingerprint density at radius 2 is 1.54 bits per heavy atom. The van der Waals surface area contributed by atoms with Crippen LogP contribution in [0.5, 0.6) is 0 Å². The van der Waals surface area contributed by atoms with Crippen LogP contribution in [0.3, 0.4) is 0 Å². The lowest BCUT2D eigenvalue weighted by atomic mass is 9.93. The molecule has 2 aromatic rings. The summed E-state index contributed by atoms with van der Waals surface area (Å²) in [7, 11) is 0. The number of anilines is 2. The molecule has 2 aliphatic rings.